The Labute approximate surface area is 113 Å². The largest absolute Gasteiger partial charge is 0.322 e. The number of nitrogens with one attached hydrogen (secondary N) is 1. The second-order valence-electron chi connectivity index (χ2n) is 3.81. The van der Waals surface area contributed by atoms with Crippen molar-refractivity contribution in [3.63, 3.8) is 0 Å². The van der Waals surface area contributed by atoms with Crippen molar-refractivity contribution >= 4 is 21.6 Å². The molecule has 1 amide bonds. The lowest BCUT2D eigenvalue weighted by Crippen LogP contribution is -2.15. The van der Waals surface area contributed by atoms with Crippen LogP contribution in [0, 0.1) is 5.82 Å². The van der Waals surface area contributed by atoms with Gasteiger partial charge in [0.1, 0.15) is 5.82 Å². The van der Waals surface area contributed by atoms with Gasteiger partial charge in [0.15, 0.2) is 0 Å². The Morgan fingerprint density at radius 2 is 2.00 bits per heavy atom. The van der Waals surface area contributed by atoms with Gasteiger partial charge < -0.3 is 5.32 Å². The second kappa shape index (κ2) is 5.31. The van der Waals surface area contributed by atoms with Crippen LogP contribution in [0.15, 0.2) is 41.6 Å². The molecule has 0 spiro atoms. The zero-order valence-electron chi connectivity index (χ0n) is 9.95. The number of amides is 1. The molecule has 0 aliphatic carbocycles. The SMILES string of the molecule is NS(=O)(=O)c1cc(F)cc(NC(=O)c2ccnnc2)c1. The van der Waals surface area contributed by atoms with Crippen molar-refractivity contribution in [2.45, 2.75) is 4.90 Å². The van der Waals surface area contributed by atoms with Crippen LogP contribution in [0.2, 0.25) is 0 Å². The van der Waals surface area contributed by atoms with Gasteiger partial charge in [-0.25, -0.2) is 17.9 Å². The van der Waals surface area contributed by atoms with Crippen molar-refractivity contribution in [3.05, 3.63) is 48.0 Å². The normalized spacial score (nSPS) is 11.1. The number of anilines is 1. The lowest BCUT2D eigenvalue weighted by Gasteiger charge is -2.07. The molecule has 0 saturated carbocycles. The van der Waals surface area contributed by atoms with E-state index >= 15 is 0 Å². The minimum absolute atomic E-state index is 0.0316. The molecule has 0 aliphatic rings. The topological polar surface area (TPSA) is 115 Å². The van der Waals surface area contributed by atoms with Crippen LogP contribution in [-0.2, 0) is 10.0 Å². The number of nitrogens with zero attached hydrogens (tertiary/aromatic N) is 2. The van der Waals surface area contributed by atoms with E-state index in [-0.39, 0.29) is 11.3 Å². The van der Waals surface area contributed by atoms with Crippen molar-refractivity contribution < 1.29 is 17.6 Å². The van der Waals surface area contributed by atoms with E-state index in [1.165, 1.54) is 18.5 Å². The van der Waals surface area contributed by atoms with E-state index in [9.17, 15) is 17.6 Å². The molecule has 3 N–H and O–H groups in total. The van der Waals surface area contributed by atoms with Crippen LogP contribution >= 0.6 is 0 Å². The fraction of sp³-hybridized carbons (Fsp3) is 0. The Kier molecular flexibility index (Phi) is 3.72. The van der Waals surface area contributed by atoms with Crippen molar-refractivity contribution in [2.75, 3.05) is 5.32 Å². The summed E-state index contributed by atoms with van der Waals surface area (Å²) in [5.41, 5.74) is 0.164. The van der Waals surface area contributed by atoms with Gasteiger partial charge in [0.25, 0.3) is 5.91 Å². The summed E-state index contributed by atoms with van der Waals surface area (Å²) >= 11 is 0. The number of sulfonamides is 1. The molecule has 20 heavy (non-hydrogen) atoms. The molecule has 1 aromatic carbocycles. The van der Waals surface area contributed by atoms with Crippen LogP contribution in [0.3, 0.4) is 0 Å². The standard InChI is InChI=1S/C11H9FN4O3S/c12-8-3-9(5-10(4-8)20(13,18)19)16-11(17)7-1-2-14-15-6-7/h1-6H,(H,16,17)(H2,13,18,19). The smallest absolute Gasteiger partial charge is 0.257 e. The van der Waals surface area contributed by atoms with Crippen LogP contribution in [0.1, 0.15) is 10.4 Å². The van der Waals surface area contributed by atoms with E-state index in [1.54, 1.807) is 0 Å². The monoisotopic (exact) mass is 296 g/mol. The van der Waals surface area contributed by atoms with E-state index in [4.69, 9.17) is 5.14 Å². The molecule has 0 aliphatic heterocycles. The highest BCUT2D eigenvalue weighted by Crippen LogP contribution is 2.17. The Balaban J connectivity index is 2.31. The Bertz CT molecular complexity index is 750. The number of nitrogens with two attached hydrogens (primary N) is 1. The highest BCUT2D eigenvalue weighted by Gasteiger charge is 2.13. The fourth-order valence-corrected chi connectivity index (χ4v) is 2.00. The lowest BCUT2D eigenvalue weighted by atomic mass is 10.2. The first-order valence-corrected chi connectivity index (χ1v) is 6.82. The maximum Gasteiger partial charge on any atom is 0.257 e. The maximum atomic E-state index is 13.3. The van der Waals surface area contributed by atoms with Crippen LogP contribution < -0.4 is 10.5 Å². The summed E-state index contributed by atoms with van der Waals surface area (Å²) in [6.07, 6.45) is 2.53. The van der Waals surface area contributed by atoms with Gasteiger partial charge in [0.2, 0.25) is 10.0 Å². The number of rotatable bonds is 3. The first kappa shape index (κ1) is 14.0. The van der Waals surface area contributed by atoms with E-state index in [2.05, 4.69) is 15.5 Å². The quantitative estimate of drug-likeness (QED) is 0.856. The number of benzene rings is 1. The molecule has 0 atom stereocenters. The third kappa shape index (κ3) is 3.33. The first-order valence-electron chi connectivity index (χ1n) is 5.28. The van der Waals surface area contributed by atoms with Crippen LogP contribution in [-0.4, -0.2) is 24.5 Å². The third-order valence-corrected chi connectivity index (χ3v) is 3.20. The molecule has 1 heterocycles. The average Bonchev–Trinajstić information content (AvgIpc) is 2.38. The minimum Gasteiger partial charge on any atom is -0.322 e. The van der Waals surface area contributed by atoms with E-state index in [0.717, 1.165) is 18.2 Å². The predicted octanol–water partition coefficient (Wildman–Crippen LogP) is 0.515. The van der Waals surface area contributed by atoms with E-state index in [1.807, 2.05) is 0 Å². The molecular weight excluding hydrogens is 287 g/mol. The number of primary sulfonamides is 1. The van der Waals surface area contributed by atoms with Crippen LogP contribution in [0.5, 0.6) is 0 Å². The van der Waals surface area contributed by atoms with Gasteiger partial charge in [-0.3, -0.25) is 4.79 Å². The van der Waals surface area contributed by atoms with Crippen LogP contribution in [0.4, 0.5) is 10.1 Å². The zero-order valence-corrected chi connectivity index (χ0v) is 10.8. The van der Waals surface area contributed by atoms with Gasteiger partial charge in [-0.2, -0.15) is 10.2 Å². The van der Waals surface area contributed by atoms with E-state index in [0.29, 0.717) is 0 Å². The molecule has 0 radical (unpaired) electrons. The predicted molar refractivity (Wildman–Crippen MR) is 67.8 cm³/mol. The van der Waals surface area contributed by atoms with Gasteiger partial charge in [-0.15, -0.1) is 0 Å². The first-order chi connectivity index (χ1) is 9.36. The van der Waals surface area contributed by atoms with Gasteiger partial charge >= 0.3 is 0 Å². The Morgan fingerprint density at radius 1 is 1.25 bits per heavy atom. The maximum absolute atomic E-state index is 13.3. The highest BCUT2D eigenvalue weighted by molar-refractivity contribution is 7.89. The zero-order chi connectivity index (χ0) is 14.8. The van der Waals surface area contributed by atoms with E-state index < -0.39 is 26.6 Å². The van der Waals surface area contributed by atoms with Crippen molar-refractivity contribution in [2.24, 2.45) is 5.14 Å². The minimum atomic E-state index is -4.06. The number of carbonyl (C=O) groups is 1. The van der Waals surface area contributed by atoms with Gasteiger partial charge in [-0.1, -0.05) is 0 Å². The molecule has 1 aromatic heterocycles. The summed E-state index contributed by atoms with van der Waals surface area (Å²) < 4.78 is 35.7. The summed E-state index contributed by atoms with van der Waals surface area (Å²) in [6, 6.07) is 4.20. The summed E-state index contributed by atoms with van der Waals surface area (Å²) in [7, 11) is -4.06. The summed E-state index contributed by atoms with van der Waals surface area (Å²) in [5.74, 6) is -1.41. The van der Waals surface area contributed by atoms with Gasteiger partial charge in [0.05, 0.1) is 22.9 Å². The number of carbonyl (C=O) groups excluding carboxylic acids is 1. The van der Waals surface area contributed by atoms with Crippen molar-refractivity contribution in [1.82, 2.24) is 10.2 Å². The molecule has 0 saturated heterocycles. The number of hydrogen-bond donors (Lipinski definition) is 2. The fourth-order valence-electron chi connectivity index (χ4n) is 1.43. The Morgan fingerprint density at radius 3 is 2.60 bits per heavy atom. The highest BCUT2D eigenvalue weighted by atomic mass is 32.2. The second-order valence-corrected chi connectivity index (χ2v) is 5.37. The van der Waals surface area contributed by atoms with Gasteiger partial charge in [-0.05, 0) is 24.3 Å². The molecule has 0 bridgehead atoms. The third-order valence-electron chi connectivity index (χ3n) is 2.30. The molecule has 9 heteroatoms. The number of halogens is 1. The molecule has 7 nitrogen and oxygen atoms in total. The summed E-state index contributed by atoms with van der Waals surface area (Å²) in [6.45, 7) is 0. The molecular formula is C11H9FN4O3S. The van der Waals surface area contributed by atoms with Crippen molar-refractivity contribution in [3.8, 4) is 0 Å². The average molecular weight is 296 g/mol. The number of aromatic nitrogens is 2. The molecule has 0 unspecified atom stereocenters. The molecule has 2 aromatic rings. The van der Waals surface area contributed by atoms with Crippen molar-refractivity contribution in [1.29, 1.82) is 0 Å². The molecule has 2 rings (SSSR count). The summed E-state index contributed by atoms with van der Waals surface area (Å²) in [5, 5.41) is 14.3. The molecule has 0 fully saturated rings. The molecule has 104 valence electrons. The lowest BCUT2D eigenvalue weighted by molar-refractivity contribution is 0.102. The summed E-state index contributed by atoms with van der Waals surface area (Å²) in [4.78, 5) is 11.4. The Hall–Kier alpha value is -2.39. The van der Waals surface area contributed by atoms with Gasteiger partial charge in [0, 0.05) is 5.69 Å². The number of hydrogen-bond acceptors (Lipinski definition) is 5. The van der Waals surface area contributed by atoms with Crippen LogP contribution in [0.25, 0.3) is 0 Å².